The lowest BCUT2D eigenvalue weighted by molar-refractivity contribution is -0.130. The largest absolute Gasteiger partial charge is 0.368 e. The third-order valence-corrected chi connectivity index (χ3v) is 6.52. The minimum Gasteiger partial charge on any atom is -0.368 e. The van der Waals surface area contributed by atoms with E-state index in [0.717, 1.165) is 54.3 Å². The van der Waals surface area contributed by atoms with Crippen molar-refractivity contribution in [1.82, 2.24) is 24.5 Å². The molecule has 1 saturated heterocycles. The van der Waals surface area contributed by atoms with E-state index in [1.165, 1.54) is 5.69 Å². The zero-order valence-electron chi connectivity index (χ0n) is 19.3. The van der Waals surface area contributed by atoms with E-state index in [1.807, 2.05) is 56.0 Å². The molecule has 1 amide bonds. The number of aryl methyl sites for hydroxylation is 3. The van der Waals surface area contributed by atoms with Crippen LogP contribution in [0.1, 0.15) is 22.5 Å². The maximum atomic E-state index is 13.2. The molecule has 3 heterocycles. The minimum absolute atomic E-state index is 0.134. The van der Waals surface area contributed by atoms with Gasteiger partial charge in [-0.2, -0.15) is 4.98 Å². The number of nitrogens with zero attached hydrogens (tertiary/aromatic N) is 6. The Morgan fingerprint density at radius 2 is 1.58 bits per heavy atom. The number of para-hydroxylation sites is 1. The van der Waals surface area contributed by atoms with E-state index in [-0.39, 0.29) is 5.91 Å². The highest BCUT2D eigenvalue weighted by atomic mass is 16.2. The van der Waals surface area contributed by atoms with Gasteiger partial charge in [0, 0.05) is 54.4 Å². The number of hydrogen-bond acceptors (Lipinski definition) is 5. The second-order valence-corrected chi connectivity index (χ2v) is 8.60. The molecule has 4 aromatic rings. The van der Waals surface area contributed by atoms with Crippen LogP contribution in [0.25, 0.3) is 17.2 Å². The molecule has 2 aromatic heterocycles. The molecule has 1 aliphatic rings. The van der Waals surface area contributed by atoms with Crippen LogP contribution in [-0.2, 0) is 11.2 Å². The van der Waals surface area contributed by atoms with Crippen molar-refractivity contribution in [2.24, 2.45) is 0 Å². The normalized spacial score (nSPS) is 14.2. The standard InChI is InChI=1S/C26H28N6O/c1-18-9-7-8-12-22(18)25-28-26-27-19(2)23(20(3)32(26)29-25)17-24(33)31-15-13-30(14-16-31)21-10-5-4-6-11-21/h4-12H,13-17H2,1-3H3. The molecule has 0 N–H and O–H groups in total. The molecule has 7 heteroatoms. The van der Waals surface area contributed by atoms with Gasteiger partial charge >= 0.3 is 0 Å². The number of anilines is 1. The van der Waals surface area contributed by atoms with Gasteiger partial charge in [0.05, 0.1) is 6.42 Å². The molecular formula is C26H28N6O. The van der Waals surface area contributed by atoms with Crippen LogP contribution in [0, 0.1) is 20.8 Å². The highest BCUT2D eigenvalue weighted by Gasteiger charge is 2.24. The van der Waals surface area contributed by atoms with Crippen molar-refractivity contribution in [3.8, 4) is 11.4 Å². The highest BCUT2D eigenvalue weighted by molar-refractivity contribution is 5.79. The summed E-state index contributed by atoms with van der Waals surface area (Å²) in [6.07, 6.45) is 0.325. The maximum absolute atomic E-state index is 13.2. The number of benzene rings is 2. The zero-order valence-corrected chi connectivity index (χ0v) is 19.3. The zero-order chi connectivity index (χ0) is 22.9. The highest BCUT2D eigenvalue weighted by Crippen LogP contribution is 2.23. The van der Waals surface area contributed by atoms with Crippen molar-refractivity contribution >= 4 is 17.4 Å². The quantitative estimate of drug-likeness (QED) is 0.485. The van der Waals surface area contributed by atoms with Gasteiger partial charge < -0.3 is 9.80 Å². The van der Waals surface area contributed by atoms with Gasteiger partial charge in [-0.05, 0) is 38.5 Å². The van der Waals surface area contributed by atoms with Crippen LogP contribution in [0.4, 0.5) is 5.69 Å². The van der Waals surface area contributed by atoms with E-state index in [9.17, 15) is 4.79 Å². The summed E-state index contributed by atoms with van der Waals surface area (Å²) in [6.45, 7) is 9.12. The van der Waals surface area contributed by atoms with Gasteiger partial charge in [0.1, 0.15) is 0 Å². The van der Waals surface area contributed by atoms with Gasteiger partial charge in [-0.15, -0.1) is 5.10 Å². The Labute approximate surface area is 193 Å². The summed E-state index contributed by atoms with van der Waals surface area (Å²) in [6, 6.07) is 18.4. The number of aromatic nitrogens is 4. The van der Waals surface area contributed by atoms with Crippen molar-refractivity contribution < 1.29 is 4.79 Å². The summed E-state index contributed by atoms with van der Waals surface area (Å²) < 4.78 is 1.77. The monoisotopic (exact) mass is 440 g/mol. The second-order valence-electron chi connectivity index (χ2n) is 8.60. The van der Waals surface area contributed by atoms with E-state index >= 15 is 0 Å². The van der Waals surface area contributed by atoms with Crippen molar-refractivity contribution in [3.63, 3.8) is 0 Å². The number of amides is 1. The average molecular weight is 441 g/mol. The first-order valence-electron chi connectivity index (χ1n) is 11.4. The molecule has 168 valence electrons. The van der Waals surface area contributed by atoms with Crippen LogP contribution in [0.5, 0.6) is 0 Å². The van der Waals surface area contributed by atoms with E-state index in [4.69, 9.17) is 5.10 Å². The number of carbonyl (C=O) groups is 1. The first-order valence-corrected chi connectivity index (χ1v) is 11.4. The Morgan fingerprint density at radius 1 is 0.879 bits per heavy atom. The molecule has 2 aromatic carbocycles. The fraction of sp³-hybridized carbons (Fsp3) is 0.308. The smallest absolute Gasteiger partial charge is 0.253 e. The Hall–Kier alpha value is -3.74. The van der Waals surface area contributed by atoms with Gasteiger partial charge in [-0.25, -0.2) is 9.50 Å². The summed E-state index contributed by atoms with van der Waals surface area (Å²) in [5.74, 6) is 1.36. The minimum atomic E-state index is 0.134. The molecule has 0 saturated carbocycles. The molecule has 33 heavy (non-hydrogen) atoms. The predicted octanol–water partition coefficient (Wildman–Crippen LogP) is 3.61. The fourth-order valence-corrected chi connectivity index (χ4v) is 4.52. The van der Waals surface area contributed by atoms with Crippen LogP contribution < -0.4 is 4.90 Å². The van der Waals surface area contributed by atoms with Crippen molar-refractivity contribution in [2.75, 3.05) is 31.1 Å². The third kappa shape index (κ3) is 4.06. The average Bonchev–Trinajstić information content (AvgIpc) is 3.26. The summed E-state index contributed by atoms with van der Waals surface area (Å²) in [7, 11) is 0. The van der Waals surface area contributed by atoms with E-state index in [2.05, 4.69) is 39.1 Å². The van der Waals surface area contributed by atoms with Crippen LogP contribution in [-0.4, -0.2) is 56.6 Å². The Balaban J connectivity index is 1.34. The number of piperazine rings is 1. The van der Waals surface area contributed by atoms with E-state index < -0.39 is 0 Å². The molecule has 1 fully saturated rings. The Morgan fingerprint density at radius 3 is 2.30 bits per heavy atom. The first-order chi connectivity index (χ1) is 16.0. The molecule has 1 aliphatic heterocycles. The van der Waals surface area contributed by atoms with Crippen LogP contribution >= 0.6 is 0 Å². The molecule has 0 radical (unpaired) electrons. The summed E-state index contributed by atoms with van der Waals surface area (Å²) in [5, 5.41) is 4.72. The van der Waals surface area contributed by atoms with Crippen molar-refractivity contribution in [1.29, 1.82) is 0 Å². The van der Waals surface area contributed by atoms with Gasteiger partial charge in [-0.1, -0.05) is 42.5 Å². The topological polar surface area (TPSA) is 66.6 Å². The summed E-state index contributed by atoms with van der Waals surface area (Å²) in [4.78, 5) is 26.8. The molecule has 0 aliphatic carbocycles. The molecule has 0 unspecified atom stereocenters. The molecule has 5 rings (SSSR count). The summed E-state index contributed by atoms with van der Waals surface area (Å²) in [5.41, 5.74) is 6.00. The van der Waals surface area contributed by atoms with Gasteiger partial charge in [-0.3, -0.25) is 4.79 Å². The molecule has 7 nitrogen and oxygen atoms in total. The number of carbonyl (C=O) groups excluding carboxylic acids is 1. The number of fused-ring (bicyclic) bond motifs is 1. The van der Waals surface area contributed by atoms with Crippen LogP contribution in [0.15, 0.2) is 54.6 Å². The summed E-state index contributed by atoms with van der Waals surface area (Å²) >= 11 is 0. The molecular weight excluding hydrogens is 412 g/mol. The van der Waals surface area contributed by atoms with Crippen molar-refractivity contribution in [2.45, 2.75) is 27.2 Å². The number of rotatable bonds is 4. The Bertz CT molecular complexity index is 1310. The second kappa shape index (κ2) is 8.65. The Kier molecular flexibility index (Phi) is 5.54. The first kappa shape index (κ1) is 21.1. The predicted molar refractivity (Wildman–Crippen MR) is 129 cm³/mol. The fourth-order valence-electron chi connectivity index (χ4n) is 4.52. The van der Waals surface area contributed by atoms with Crippen LogP contribution in [0.3, 0.4) is 0 Å². The molecule has 0 atom stereocenters. The molecule has 0 bridgehead atoms. The SMILES string of the molecule is Cc1ccccc1-c1nc2nc(C)c(CC(=O)N3CCN(c4ccccc4)CC3)c(C)n2n1. The number of hydrogen-bond donors (Lipinski definition) is 0. The van der Waals surface area contributed by atoms with Gasteiger partial charge in [0.15, 0.2) is 5.82 Å². The van der Waals surface area contributed by atoms with Gasteiger partial charge in [0.2, 0.25) is 5.91 Å². The van der Waals surface area contributed by atoms with Crippen molar-refractivity contribution in [3.05, 3.63) is 77.1 Å². The third-order valence-electron chi connectivity index (χ3n) is 6.52. The van der Waals surface area contributed by atoms with E-state index in [1.54, 1.807) is 4.52 Å². The maximum Gasteiger partial charge on any atom is 0.253 e. The lowest BCUT2D eigenvalue weighted by Gasteiger charge is -2.36. The lowest BCUT2D eigenvalue weighted by atomic mass is 10.1. The van der Waals surface area contributed by atoms with Gasteiger partial charge in [0.25, 0.3) is 5.78 Å². The van der Waals surface area contributed by atoms with Crippen LogP contribution in [0.2, 0.25) is 0 Å². The molecule has 0 spiro atoms. The lowest BCUT2D eigenvalue weighted by Crippen LogP contribution is -2.49. The van der Waals surface area contributed by atoms with E-state index in [0.29, 0.717) is 18.0 Å².